The van der Waals surface area contributed by atoms with Gasteiger partial charge in [0.15, 0.2) is 0 Å². The molecule has 0 aliphatic carbocycles. The van der Waals surface area contributed by atoms with Crippen molar-refractivity contribution in [1.29, 1.82) is 0 Å². The molecule has 1 aromatic carbocycles. The van der Waals surface area contributed by atoms with Crippen molar-refractivity contribution in [2.24, 2.45) is 0 Å². The average molecular weight is 275 g/mol. The highest BCUT2D eigenvalue weighted by Gasteiger charge is 2.33. The van der Waals surface area contributed by atoms with Gasteiger partial charge in [0.05, 0.1) is 12.2 Å². The summed E-state index contributed by atoms with van der Waals surface area (Å²) in [6, 6.07) is 4.69. The molecule has 0 aromatic heterocycles. The van der Waals surface area contributed by atoms with E-state index in [1.165, 1.54) is 12.1 Å². The van der Waals surface area contributed by atoms with E-state index in [4.69, 9.17) is 9.84 Å². The van der Waals surface area contributed by atoms with Gasteiger partial charge in [-0.05, 0) is 30.5 Å². The van der Waals surface area contributed by atoms with Crippen LogP contribution in [-0.4, -0.2) is 41.9 Å². The Hall–Kier alpha value is -1.41. The minimum atomic E-state index is -0.293. The lowest BCUT2D eigenvalue weighted by Gasteiger charge is -2.32. The summed E-state index contributed by atoms with van der Waals surface area (Å²) in [5, 5.41) is 8.79. The van der Waals surface area contributed by atoms with E-state index in [2.05, 4.69) is 16.7 Å². The molecule has 106 valence electrons. The topological polar surface area (TPSA) is 32.7 Å². The normalized spacial score (nSPS) is 25.3. The lowest BCUT2D eigenvalue weighted by molar-refractivity contribution is -0.0410. The van der Waals surface area contributed by atoms with Crippen molar-refractivity contribution in [2.45, 2.75) is 31.6 Å². The largest absolute Gasteiger partial charge is 0.384 e. The smallest absolute Gasteiger partial charge is 0.124 e. The standard InChI is InChI=1S/C16H18FNO2/c17-14-4-3-13(12(8-14)2-1-7-19)9-18-10-15-5-6-16(11-18)20-15/h3-4,8,15-16,19H,5-7,9-11H2. The molecule has 4 heteroatoms. The number of hydrogen-bond donors (Lipinski definition) is 1. The maximum atomic E-state index is 13.3. The number of halogens is 1. The highest BCUT2D eigenvalue weighted by atomic mass is 19.1. The first-order valence-electron chi connectivity index (χ1n) is 7.00. The van der Waals surface area contributed by atoms with E-state index in [0.717, 1.165) is 38.0 Å². The Kier molecular flexibility index (Phi) is 4.02. The number of morpholine rings is 1. The molecule has 0 saturated carbocycles. The van der Waals surface area contributed by atoms with Crippen molar-refractivity contribution in [2.75, 3.05) is 19.7 Å². The lowest BCUT2D eigenvalue weighted by Crippen LogP contribution is -2.42. The van der Waals surface area contributed by atoms with Crippen LogP contribution >= 0.6 is 0 Å². The summed E-state index contributed by atoms with van der Waals surface area (Å²) in [6.45, 7) is 2.41. The second-order valence-corrected chi connectivity index (χ2v) is 5.41. The van der Waals surface area contributed by atoms with Crippen molar-refractivity contribution in [3.8, 4) is 11.8 Å². The summed E-state index contributed by atoms with van der Waals surface area (Å²) in [5.74, 6) is 5.13. The number of ether oxygens (including phenoxy) is 1. The van der Waals surface area contributed by atoms with Gasteiger partial charge in [0.1, 0.15) is 12.4 Å². The fourth-order valence-corrected chi connectivity index (χ4v) is 3.01. The summed E-state index contributed by atoms with van der Waals surface area (Å²) in [7, 11) is 0. The van der Waals surface area contributed by atoms with E-state index in [9.17, 15) is 4.39 Å². The van der Waals surface area contributed by atoms with Crippen LogP contribution in [0.5, 0.6) is 0 Å². The predicted octanol–water partition coefficient (Wildman–Crippen LogP) is 1.53. The first-order chi connectivity index (χ1) is 9.74. The minimum Gasteiger partial charge on any atom is -0.384 e. The monoisotopic (exact) mass is 275 g/mol. The van der Waals surface area contributed by atoms with Gasteiger partial charge in [-0.1, -0.05) is 17.9 Å². The van der Waals surface area contributed by atoms with Gasteiger partial charge >= 0.3 is 0 Å². The second kappa shape index (κ2) is 5.92. The minimum absolute atomic E-state index is 0.211. The Morgan fingerprint density at radius 1 is 1.30 bits per heavy atom. The molecule has 3 rings (SSSR count). The summed E-state index contributed by atoms with van der Waals surface area (Å²) in [4.78, 5) is 2.35. The fraction of sp³-hybridized carbons (Fsp3) is 0.500. The molecule has 2 unspecified atom stereocenters. The number of hydrogen-bond acceptors (Lipinski definition) is 3. The van der Waals surface area contributed by atoms with Crippen LogP contribution in [0.1, 0.15) is 24.0 Å². The highest BCUT2D eigenvalue weighted by Crippen LogP contribution is 2.27. The SMILES string of the molecule is OCC#Cc1cc(F)ccc1CN1CC2CCC(C1)O2. The number of fused-ring (bicyclic) bond motifs is 2. The lowest BCUT2D eigenvalue weighted by atomic mass is 10.1. The number of likely N-dealkylation sites (tertiary alicyclic amines) is 1. The summed E-state index contributed by atoms with van der Waals surface area (Å²) < 4.78 is 19.1. The molecule has 2 saturated heterocycles. The molecular weight excluding hydrogens is 257 g/mol. The molecule has 2 aliphatic heterocycles. The van der Waals surface area contributed by atoms with Gasteiger partial charge in [-0.15, -0.1) is 0 Å². The summed E-state index contributed by atoms with van der Waals surface area (Å²) in [5.41, 5.74) is 1.67. The zero-order chi connectivity index (χ0) is 13.9. The molecular formula is C16H18FNO2. The number of rotatable bonds is 2. The number of nitrogens with zero attached hydrogens (tertiary/aromatic N) is 1. The molecule has 0 spiro atoms. The third-order valence-corrected chi connectivity index (χ3v) is 3.89. The number of aliphatic hydroxyl groups excluding tert-OH is 1. The Morgan fingerprint density at radius 3 is 2.75 bits per heavy atom. The maximum Gasteiger partial charge on any atom is 0.124 e. The van der Waals surface area contributed by atoms with E-state index in [-0.39, 0.29) is 12.4 Å². The number of benzene rings is 1. The molecule has 2 heterocycles. The molecule has 0 amide bonds. The Bertz CT molecular complexity index is 537. The van der Waals surface area contributed by atoms with Crippen LogP contribution in [0, 0.1) is 17.7 Å². The van der Waals surface area contributed by atoms with Crippen LogP contribution in [0.3, 0.4) is 0 Å². The Labute approximate surface area is 118 Å². The van der Waals surface area contributed by atoms with Crippen molar-refractivity contribution in [3.63, 3.8) is 0 Å². The van der Waals surface area contributed by atoms with Gasteiger partial charge in [0.2, 0.25) is 0 Å². The van der Waals surface area contributed by atoms with Crippen LogP contribution in [0.4, 0.5) is 4.39 Å². The summed E-state index contributed by atoms with van der Waals surface area (Å²) >= 11 is 0. The fourth-order valence-electron chi connectivity index (χ4n) is 3.01. The molecule has 2 atom stereocenters. The quantitative estimate of drug-likeness (QED) is 0.831. The van der Waals surface area contributed by atoms with Crippen LogP contribution < -0.4 is 0 Å². The first kappa shape index (κ1) is 13.6. The van der Waals surface area contributed by atoms with E-state index in [0.29, 0.717) is 17.8 Å². The molecule has 20 heavy (non-hydrogen) atoms. The predicted molar refractivity (Wildman–Crippen MR) is 73.5 cm³/mol. The zero-order valence-electron chi connectivity index (χ0n) is 11.3. The molecule has 3 nitrogen and oxygen atoms in total. The maximum absolute atomic E-state index is 13.3. The van der Waals surface area contributed by atoms with Gasteiger partial charge in [0.25, 0.3) is 0 Å². The molecule has 2 aliphatic rings. The Morgan fingerprint density at radius 2 is 2.05 bits per heavy atom. The van der Waals surface area contributed by atoms with Crippen LogP contribution in [0.25, 0.3) is 0 Å². The van der Waals surface area contributed by atoms with Crippen molar-refractivity contribution >= 4 is 0 Å². The third-order valence-electron chi connectivity index (χ3n) is 3.89. The van der Waals surface area contributed by atoms with E-state index in [1.807, 2.05) is 0 Å². The van der Waals surface area contributed by atoms with E-state index in [1.54, 1.807) is 6.07 Å². The Balaban J connectivity index is 1.76. The zero-order valence-corrected chi connectivity index (χ0v) is 11.3. The number of aliphatic hydroxyl groups is 1. The molecule has 2 fully saturated rings. The molecule has 2 bridgehead atoms. The van der Waals surface area contributed by atoms with Gasteiger partial charge in [0, 0.05) is 25.2 Å². The van der Waals surface area contributed by atoms with Crippen molar-refractivity contribution in [1.82, 2.24) is 4.90 Å². The molecule has 1 N–H and O–H groups in total. The molecule has 1 aromatic rings. The van der Waals surface area contributed by atoms with Crippen molar-refractivity contribution in [3.05, 3.63) is 35.1 Å². The van der Waals surface area contributed by atoms with Crippen LogP contribution in [0.2, 0.25) is 0 Å². The van der Waals surface area contributed by atoms with Gasteiger partial charge in [-0.3, -0.25) is 4.90 Å². The van der Waals surface area contributed by atoms with E-state index < -0.39 is 0 Å². The van der Waals surface area contributed by atoms with Gasteiger partial charge < -0.3 is 9.84 Å². The van der Waals surface area contributed by atoms with Crippen LogP contribution in [0.15, 0.2) is 18.2 Å². The second-order valence-electron chi connectivity index (χ2n) is 5.41. The first-order valence-corrected chi connectivity index (χ1v) is 7.00. The summed E-state index contributed by atoms with van der Waals surface area (Å²) in [6.07, 6.45) is 2.98. The third kappa shape index (κ3) is 3.01. The highest BCUT2D eigenvalue weighted by molar-refractivity contribution is 5.41. The van der Waals surface area contributed by atoms with E-state index >= 15 is 0 Å². The van der Waals surface area contributed by atoms with Gasteiger partial charge in [-0.2, -0.15) is 0 Å². The molecule has 0 radical (unpaired) electrons. The average Bonchev–Trinajstić information content (AvgIpc) is 2.78. The van der Waals surface area contributed by atoms with Crippen LogP contribution in [-0.2, 0) is 11.3 Å². The van der Waals surface area contributed by atoms with Crippen molar-refractivity contribution < 1.29 is 14.2 Å². The van der Waals surface area contributed by atoms with Gasteiger partial charge in [-0.25, -0.2) is 4.39 Å².